The highest BCUT2D eigenvalue weighted by Gasteiger charge is 2.12. The van der Waals surface area contributed by atoms with Gasteiger partial charge in [-0.15, -0.1) is 6.58 Å². The number of ketones is 1. The van der Waals surface area contributed by atoms with Crippen LogP contribution in [0.4, 0.5) is 4.39 Å². The van der Waals surface area contributed by atoms with Crippen LogP contribution in [-0.2, 0) is 0 Å². The summed E-state index contributed by atoms with van der Waals surface area (Å²) in [7, 11) is 0. The second-order valence-electron chi connectivity index (χ2n) is 3.82. The first-order chi connectivity index (χ1) is 7.02. The van der Waals surface area contributed by atoms with Crippen LogP contribution in [0.15, 0.2) is 30.4 Å². The van der Waals surface area contributed by atoms with Gasteiger partial charge in [0.25, 0.3) is 0 Å². The molecular weight excluding hydrogens is 191 g/mol. The summed E-state index contributed by atoms with van der Waals surface area (Å²) in [4.78, 5) is 11.6. The molecule has 0 spiro atoms. The first kappa shape index (κ1) is 11.6. The predicted octanol–water partition coefficient (Wildman–Crippen LogP) is 3.67. The molecule has 2 heteroatoms. The van der Waals surface area contributed by atoms with E-state index in [-0.39, 0.29) is 11.3 Å². The molecule has 0 bridgehead atoms. The van der Waals surface area contributed by atoms with E-state index in [0.717, 1.165) is 5.57 Å². The van der Waals surface area contributed by atoms with Gasteiger partial charge < -0.3 is 0 Å². The minimum Gasteiger partial charge on any atom is -0.294 e. The fourth-order valence-electron chi connectivity index (χ4n) is 1.32. The van der Waals surface area contributed by atoms with E-state index in [1.807, 2.05) is 6.92 Å². The highest BCUT2D eigenvalue weighted by atomic mass is 19.1. The quantitative estimate of drug-likeness (QED) is 0.542. The van der Waals surface area contributed by atoms with Gasteiger partial charge in [0.2, 0.25) is 0 Å². The van der Waals surface area contributed by atoms with Gasteiger partial charge in [-0.1, -0.05) is 17.7 Å². The largest absolute Gasteiger partial charge is 0.294 e. The maximum absolute atomic E-state index is 13.5. The Morgan fingerprint density at radius 2 is 2.07 bits per heavy atom. The van der Waals surface area contributed by atoms with Crippen molar-refractivity contribution in [2.24, 2.45) is 0 Å². The van der Waals surface area contributed by atoms with Crippen molar-refractivity contribution in [3.63, 3.8) is 0 Å². The Morgan fingerprint density at radius 3 is 2.67 bits per heavy atom. The van der Waals surface area contributed by atoms with Crippen LogP contribution < -0.4 is 0 Å². The van der Waals surface area contributed by atoms with Gasteiger partial charge in [-0.05, 0) is 31.9 Å². The van der Waals surface area contributed by atoms with Crippen molar-refractivity contribution in [2.75, 3.05) is 0 Å². The number of hydrogen-bond acceptors (Lipinski definition) is 1. The van der Waals surface area contributed by atoms with Crippen LogP contribution in [0.25, 0.3) is 0 Å². The average molecular weight is 206 g/mol. The summed E-state index contributed by atoms with van der Waals surface area (Å²) in [6, 6.07) is 4.89. The third-order valence-corrected chi connectivity index (χ3v) is 2.27. The van der Waals surface area contributed by atoms with E-state index >= 15 is 0 Å². The summed E-state index contributed by atoms with van der Waals surface area (Å²) in [6.45, 7) is 7.23. The Hall–Kier alpha value is -1.44. The molecule has 1 aromatic rings. The van der Waals surface area contributed by atoms with Gasteiger partial charge in [-0.2, -0.15) is 0 Å². The van der Waals surface area contributed by atoms with Gasteiger partial charge >= 0.3 is 0 Å². The standard InChI is InChI=1S/C13H15FO/c1-9(2)7-8-12(15)11-6-4-5-10(3)13(11)14/h4-6H,1,7-8H2,2-3H3. The van der Waals surface area contributed by atoms with Crippen LogP contribution in [0.3, 0.4) is 0 Å². The van der Waals surface area contributed by atoms with Crippen LogP contribution in [0.1, 0.15) is 35.7 Å². The van der Waals surface area contributed by atoms with Crippen molar-refractivity contribution in [1.82, 2.24) is 0 Å². The topological polar surface area (TPSA) is 17.1 Å². The molecular formula is C13H15FO. The lowest BCUT2D eigenvalue weighted by Crippen LogP contribution is -2.03. The number of hydrogen-bond donors (Lipinski definition) is 0. The maximum Gasteiger partial charge on any atom is 0.166 e. The predicted molar refractivity (Wildman–Crippen MR) is 59.5 cm³/mol. The summed E-state index contributed by atoms with van der Waals surface area (Å²) >= 11 is 0. The lowest BCUT2D eigenvalue weighted by Gasteiger charge is -2.04. The molecule has 0 unspecified atom stereocenters. The molecule has 0 aliphatic heterocycles. The average Bonchev–Trinajstić information content (AvgIpc) is 2.18. The fourth-order valence-corrected chi connectivity index (χ4v) is 1.32. The number of Topliss-reactive ketones (excluding diaryl/α,β-unsaturated/α-hetero) is 1. The van der Waals surface area contributed by atoms with Gasteiger partial charge in [-0.3, -0.25) is 4.79 Å². The zero-order valence-corrected chi connectivity index (χ0v) is 9.14. The molecule has 1 aromatic carbocycles. The van der Waals surface area contributed by atoms with Crippen molar-refractivity contribution in [3.05, 3.63) is 47.3 Å². The maximum atomic E-state index is 13.5. The van der Waals surface area contributed by atoms with Crippen LogP contribution in [0, 0.1) is 12.7 Å². The molecule has 0 fully saturated rings. The van der Waals surface area contributed by atoms with E-state index in [2.05, 4.69) is 6.58 Å². The Bertz CT molecular complexity index is 394. The van der Waals surface area contributed by atoms with Crippen LogP contribution >= 0.6 is 0 Å². The monoisotopic (exact) mass is 206 g/mol. The van der Waals surface area contributed by atoms with Crippen molar-refractivity contribution >= 4 is 5.78 Å². The van der Waals surface area contributed by atoms with Gasteiger partial charge in [0.15, 0.2) is 5.78 Å². The van der Waals surface area contributed by atoms with Crippen LogP contribution in [0.2, 0.25) is 0 Å². The Morgan fingerprint density at radius 1 is 1.40 bits per heavy atom. The first-order valence-electron chi connectivity index (χ1n) is 4.95. The molecule has 1 rings (SSSR count). The number of aryl methyl sites for hydroxylation is 1. The normalized spacial score (nSPS) is 10.1. The van der Waals surface area contributed by atoms with Gasteiger partial charge in [0.1, 0.15) is 5.82 Å². The molecule has 0 atom stereocenters. The van der Waals surface area contributed by atoms with E-state index < -0.39 is 5.82 Å². The van der Waals surface area contributed by atoms with E-state index in [0.29, 0.717) is 18.4 Å². The molecule has 0 N–H and O–H groups in total. The molecule has 0 aliphatic rings. The molecule has 1 nitrogen and oxygen atoms in total. The zero-order chi connectivity index (χ0) is 11.4. The highest BCUT2D eigenvalue weighted by molar-refractivity contribution is 5.96. The smallest absolute Gasteiger partial charge is 0.166 e. The number of allylic oxidation sites excluding steroid dienone is 1. The molecule has 0 aromatic heterocycles. The highest BCUT2D eigenvalue weighted by Crippen LogP contribution is 2.15. The zero-order valence-electron chi connectivity index (χ0n) is 9.14. The summed E-state index contributed by atoms with van der Waals surface area (Å²) in [5.74, 6) is -0.552. The Labute approximate surface area is 89.6 Å². The number of rotatable bonds is 4. The molecule has 0 amide bonds. The molecule has 0 aliphatic carbocycles. The number of halogens is 1. The third kappa shape index (κ3) is 3.01. The van der Waals surface area contributed by atoms with E-state index in [1.165, 1.54) is 6.07 Å². The number of carbonyl (C=O) groups is 1. The van der Waals surface area contributed by atoms with Crippen molar-refractivity contribution in [3.8, 4) is 0 Å². The van der Waals surface area contributed by atoms with E-state index in [9.17, 15) is 9.18 Å². The lowest BCUT2D eigenvalue weighted by molar-refractivity contribution is 0.0978. The van der Waals surface area contributed by atoms with Crippen LogP contribution in [0.5, 0.6) is 0 Å². The molecule has 80 valence electrons. The Balaban J connectivity index is 2.82. The van der Waals surface area contributed by atoms with Gasteiger partial charge in [0, 0.05) is 6.42 Å². The van der Waals surface area contributed by atoms with E-state index in [4.69, 9.17) is 0 Å². The minimum absolute atomic E-state index is 0.154. The third-order valence-electron chi connectivity index (χ3n) is 2.27. The molecule has 0 radical (unpaired) electrons. The molecule has 0 saturated carbocycles. The second kappa shape index (κ2) is 4.87. The lowest BCUT2D eigenvalue weighted by atomic mass is 10.0. The Kier molecular flexibility index (Phi) is 3.78. The second-order valence-corrected chi connectivity index (χ2v) is 3.82. The van der Waals surface area contributed by atoms with Gasteiger partial charge in [0.05, 0.1) is 5.56 Å². The molecule has 0 heterocycles. The molecule has 0 saturated heterocycles. The van der Waals surface area contributed by atoms with Crippen molar-refractivity contribution < 1.29 is 9.18 Å². The van der Waals surface area contributed by atoms with Crippen molar-refractivity contribution in [1.29, 1.82) is 0 Å². The fraction of sp³-hybridized carbons (Fsp3) is 0.308. The summed E-state index contributed by atoms with van der Waals surface area (Å²) in [6.07, 6.45) is 0.946. The van der Waals surface area contributed by atoms with Crippen molar-refractivity contribution in [2.45, 2.75) is 26.7 Å². The van der Waals surface area contributed by atoms with E-state index in [1.54, 1.807) is 19.1 Å². The first-order valence-corrected chi connectivity index (χ1v) is 4.95. The summed E-state index contributed by atoms with van der Waals surface area (Å²) < 4.78 is 13.5. The SMILES string of the molecule is C=C(C)CCC(=O)c1cccc(C)c1F. The van der Waals surface area contributed by atoms with Gasteiger partial charge in [-0.25, -0.2) is 4.39 Å². The minimum atomic E-state index is -0.399. The summed E-state index contributed by atoms with van der Waals surface area (Å²) in [5, 5.41) is 0. The van der Waals surface area contributed by atoms with Crippen LogP contribution in [-0.4, -0.2) is 5.78 Å². The number of carbonyl (C=O) groups excluding carboxylic acids is 1. The molecule has 15 heavy (non-hydrogen) atoms. The summed E-state index contributed by atoms with van der Waals surface area (Å²) in [5.41, 5.74) is 1.64. The number of benzene rings is 1.